The van der Waals surface area contributed by atoms with Crippen molar-refractivity contribution in [2.24, 2.45) is 0 Å². The maximum absolute atomic E-state index is 11.1. The first-order valence-electron chi connectivity index (χ1n) is 3.40. The van der Waals surface area contributed by atoms with Gasteiger partial charge in [-0.3, -0.25) is 4.79 Å². The Morgan fingerprint density at radius 3 is 3.08 bits per heavy atom. The number of ether oxygens (including phenoxy) is 1. The minimum absolute atomic E-state index is 0.426. The molecular weight excluding hydrogens is 188 g/mol. The van der Waals surface area contributed by atoms with Crippen molar-refractivity contribution in [2.75, 3.05) is 7.11 Å². The van der Waals surface area contributed by atoms with Crippen molar-refractivity contribution in [1.29, 1.82) is 0 Å². The van der Waals surface area contributed by atoms with E-state index in [4.69, 9.17) is 0 Å². The second-order valence-corrected chi connectivity index (χ2v) is 2.96. The van der Waals surface area contributed by atoms with Crippen LogP contribution < -0.4 is 0 Å². The molecule has 0 unspecified atom stereocenters. The van der Waals surface area contributed by atoms with Gasteiger partial charge in [0.15, 0.2) is 6.29 Å². The highest BCUT2D eigenvalue weighted by atomic mass is 32.1. The van der Waals surface area contributed by atoms with Crippen molar-refractivity contribution in [3.05, 3.63) is 21.9 Å². The molecule has 0 saturated heterocycles. The Bertz CT molecular complexity index is 381. The van der Waals surface area contributed by atoms with Gasteiger partial charge in [0.1, 0.15) is 4.88 Å². The van der Waals surface area contributed by atoms with Crippen LogP contribution in [0.25, 0.3) is 0 Å². The van der Waals surface area contributed by atoms with Crippen molar-refractivity contribution in [3.8, 4) is 11.8 Å². The van der Waals surface area contributed by atoms with E-state index in [0.29, 0.717) is 16.7 Å². The Labute approximate surface area is 79.3 Å². The number of hydrogen-bond donors (Lipinski definition) is 0. The standard InChI is InChI=1S/C9H6O3S/c1-12-9(11)8-7(3-2-5-10)4-6-13-8/h4-6H,1H3. The van der Waals surface area contributed by atoms with Gasteiger partial charge in [0, 0.05) is 0 Å². The Morgan fingerprint density at radius 2 is 2.46 bits per heavy atom. The van der Waals surface area contributed by atoms with Gasteiger partial charge in [0.25, 0.3) is 0 Å². The molecule has 0 aliphatic rings. The van der Waals surface area contributed by atoms with Gasteiger partial charge in [0.2, 0.25) is 0 Å². The molecule has 0 aromatic carbocycles. The fourth-order valence-electron chi connectivity index (χ4n) is 0.766. The van der Waals surface area contributed by atoms with Crippen molar-refractivity contribution in [2.45, 2.75) is 0 Å². The van der Waals surface area contributed by atoms with Gasteiger partial charge >= 0.3 is 5.97 Å². The molecule has 0 aliphatic carbocycles. The lowest BCUT2D eigenvalue weighted by molar-refractivity contribution is -0.103. The average molecular weight is 194 g/mol. The predicted octanol–water partition coefficient (Wildman–Crippen LogP) is 1.09. The van der Waals surface area contributed by atoms with Crippen LogP contribution in [0.5, 0.6) is 0 Å². The Morgan fingerprint density at radius 1 is 1.69 bits per heavy atom. The summed E-state index contributed by atoms with van der Waals surface area (Å²) in [7, 11) is 1.30. The van der Waals surface area contributed by atoms with E-state index in [0.717, 1.165) is 0 Å². The maximum atomic E-state index is 11.1. The molecule has 0 fully saturated rings. The van der Waals surface area contributed by atoms with E-state index in [2.05, 4.69) is 16.6 Å². The van der Waals surface area contributed by atoms with Crippen molar-refractivity contribution in [1.82, 2.24) is 0 Å². The maximum Gasteiger partial charge on any atom is 0.349 e. The fourth-order valence-corrected chi connectivity index (χ4v) is 1.53. The molecule has 1 aromatic rings. The highest BCUT2D eigenvalue weighted by molar-refractivity contribution is 7.12. The third-order valence-electron chi connectivity index (χ3n) is 1.30. The SMILES string of the molecule is COC(=O)c1sccc1C#CC=O. The van der Waals surface area contributed by atoms with Crippen molar-refractivity contribution < 1.29 is 14.3 Å². The lowest BCUT2D eigenvalue weighted by Gasteiger charge is -1.94. The van der Waals surface area contributed by atoms with Crippen LogP contribution in [0.2, 0.25) is 0 Å². The molecule has 0 N–H and O–H groups in total. The topological polar surface area (TPSA) is 43.4 Å². The summed E-state index contributed by atoms with van der Waals surface area (Å²) in [6.07, 6.45) is 0.485. The molecule has 0 atom stereocenters. The third kappa shape index (κ3) is 2.17. The quantitative estimate of drug-likeness (QED) is 0.382. The zero-order valence-electron chi connectivity index (χ0n) is 6.87. The molecule has 0 bridgehead atoms. The number of carbonyl (C=O) groups excluding carboxylic acids is 2. The van der Waals surface area contributed by atoms with Gasteiger partial charge in [-0.1, -0.05) is 5.92 Å². The van der Waals surface area contributed by atoms with Crippen LogP contribution >= 0.6 is 11.3 Å². The molecule has 0 spiro atoms. The molecule has 0 radical (unpaired) electrons. The van der Waals surface area contributed by atoms with E-state index in [1.54, 1.807) is 11.4 Å². The van der Waals surface area contributed by atoms with E-state index < -0.39 is 5.97 Å². The van der Waals surface area contributed by atoms with E-state index in [-0.39, 0.29) is 0 Å². The number of thiophene rings is 1. The van der Waals surface area contributed by atoms with Crippen LogP contribution in [-0.2, 0) is 9.53 Å². The number of esters is 1. The van der Waals surface area contributed by atoms with Crippen LogP contribution in [0.1, 0.15) is 15.2 Å². The van der Waals surface area contributed by atoms with Crippen molar-refractivity contribution >= 4 is 23.6 Å². The number of rotatable bonds is 1. The lowest BCUT2D eigenvalue weighted by atomic mass is 10.2. The molecule has 1 heterocycles. The van der Waals surface area contributed by atoms with Crippen LogP contribution in [0.4, 0.5) is 0 Å². The van der Waals surface area contributed by atoms with E-state index >= 15 is 0 Å². The summed E-state index contributed by atoms with van der Waals surface area (Å²) in [4.78, 5) is 21.5. The van der Waals surface area contributed by atoms with Gasteiger partial charge < -0.3 is 4.74 Å². The predicted molar refractivity (Wildman–Crippen MR) is 48.6 cm³/mol. The van der Waals surface area contributed by atoms with Gasteiger partial charge in [0.05, 0.1) is 12.7 Å². The summed E-state index contributed by atoms with van der Waals surface area (Å²) in [5.41, 5.74) is 0.531. The van der Waals surface area contributed by atoms with E-state index in [1.807, 2.05) is 0 Å². The molecular formula is C9H6O3S. The zero-order chi connectivity index (χ0) is 9.68. The molecule has 13 heavy (non-hydrogen) atoms. The summed E-state index contributed by atoms with van der Waals surface area (Å²) in [5.74, 6) is 4.36. The first kappa shape index (κ1) is 9.49. The molecule has 1 aromatic heterocycles. The van der Waals surface area contributed by atoms with Gasteiger partial charge in [-0.15, -0.1) is 11.3 Å². The summed E-state index contributed by atoms with van der Waals surface area (Å²) in [6, 6.07) is 1.67. The lowest BCUT2D eigenvalue weighted by Crippen LogP contribution is -1.99. The average Bonchev–Trinajstić information content (AvgIpc) is 2.61. The second-order valence-electron chi connectivity index (χ2n) is 2.04. The molecule has 0 amide bonds. The Kier molecular flexibility index (Phi) is 3.23. The Hall–Kier alpha value is -1.60. The van der Waals surface area contributed by atoms with Crippen LogP contribution in [0.3, 0.4) is 0 Å². The normalized spacial score (nSPS) is 8.38. The number of carbonyl (C=O) groups is 2. The second kappa shape index (κ2) is 4.43. The molecule has 0 saturated carbocycles. The van der Waals surface area contributed by atoms with Crippen LogP contribution in [0, 0.1) is 11.8 Å². The Balaban J connectivity index is 3.02. The van der Waals surface area contributed by atoms with Gasteiger partial charge in [-0.25, -0.2) is 4.79 Å². The number of methoxy groups -OCH3 is 1. The summed E-state index contributed by atoms with van der Waals surface area (Å²) in [6.45, 7) is 0. The van der Waals surface area contributed by atoms with Crippen LogP contribution in [0.15, 0.2) is 11.4 Å². The minimum Gasteiger partial charge on any atom is -0.465 e. The van der Waals surface area contributed by atoms with E-state index in [1.165, 1.54) is 18.4 Å². The zero-order valence-corrected chi connectivity index (χ0v) is 7.68. The fraction of sp³-hybridized carbons (Fsp3) is 0.111. The van der Waals surface area contributed by atoms with Gasteiger partial charge in [-0.05, 0) is 17.4 Å². The summed E-state index contributed by atoms with van der Waals surface area (Å²) < 4.78 is 4.53. The summed E-state index contributed by atoms with van der Waals surface area (Å²) in [5, 5.41) is 1.72. The molecule has 4 heteroatoms. The monoisotopic (exact) mass is 194 g/mol. The first-order valence-corrected chi connectivity index (χ1v) is 4.28. The summed E-state index contributed by atoms with van der Waals surface area (Å²) >= 11 is 1.24. The minimum atomic E-state index is -0.426. The van der Waals surface area contributed by atoms with Crippen LogP contribution in [-0.4, -0.2) is 19.4 Å². The smallest absolute Gasteiger partial charge is 0.349 e. The number of aldehydes is 1. The van der Waals surface area contributed by atoms with Crippen molar-refractivity contribution in [3.63, 3.8) is 0 Å². The number of hydrogen-bond acceptors (Lipinski definition) is 4. The molecule has 0 aliphatic heterocycles. The molecule has 1 rings (SSSR count). The highest BCUT2D eigenvalue weighted by Gasteiger charge is 2.11. The largest absolute Gasteiger partial charge is 0.465 e. The first-order chi connectivity index (χ1) is 6.29. The molecule has 66 valence electrons. The molecule has 3 nitrogen and oxygen atoms in total. The van der Waals surface area contributed by atoms with Gasteiger partial charge in [-0.2, -0.15) is 0 Å². The van der Waals surface area contributed by atoms with E-state index in [9.17, 15) is 9.59 Å². The third-order valence-corrected chi connectivity index (χ3v) is 2.20. The highest BCUT2D eigenvalue weighted by Crippen LogP contribution is 2.16.